The van der Waals surface area contributed by atoms with Gasteiger partial charge in [-0.2, -0.15) is 5.26 Å². The van der Waals surface area contributed by atoms with Crippen LogP contribution < -0.4 is 4.90 Å². The van der Waals surface area contributed by atoms with Gasteiger partial charge >= 0.3 is 0 Å². The van der Waals surface area contributed by atoms with E-state index in [1.165, 1.54) is 11.8 Å². The second-order valence-electron chi connectivity index (χ2n) is 6.35. The molecule has 2 aromatic rings. The number of hydrogen-bond donors (Lipinski definition) is 0. The van der Waals surface area contributed by atoms with E-state index >= 15 is 0 Å². The molecule has 0 unspecified atom stereocenters. The molecule has 0 aliphatic carbocycles. The van der Waals surface area contributed by atoms with Gasteiger partial charge in [0.25, 0.3) is 0 Å². The van der Waals surface area contributed by atoms with Gasteiger partial charge in [0.1, 0.15) is 10.9 Å². The number of para-hydroxylation sites is 1. The summed E-state index contributed by atoms with van der Waals surface area (Å²) < 4.78 is 0. The normalized spacial score (nSPS) is 11.8. The molecule has 1 aromatic carbocycles. The number of benzene rings is 1. The monoisotopic (exact) mass is 368 g/mol. The molecular weight excluding hydrogens is 344 g/mol. The van der Waals surface area contributed by atoms with Crippen LogP contribution in [0, 0.1) is 18.3 Å². The lowest BCUT2D eigenvalue weighted by molar-refractivity contribution is -0.117. The fourth-order valence-electron chi connectivity index (χ4n) is 2.47. The van der Waals surface area contributed by atoms with Gasteiger partial charge in [-0.15, -0.1) is 0 Å². The van der Waals surface area contributed by atoms with Crippen LogP contribution in [0.5, 0.6) is 0 Å². The SMILES string of the molecule is Cc1cc(S[C@H](C)C(=O)N(CCC#N)c2ccccc2)nc(C(C)C)n1. The first-order valence-electron chi connectivity index (χ1n) is 8.68. The zero-order valence-electron chi connectivity index (χ0n) is 15.6. The first kappa shape index (κ1) is 19.9. The minimum Gasteiger partial charge on any atom is -0.310 e. The molecule has 6 heteroatoms. The molecule has 1 amide bonds. The van der Waals surface area contributed by atoms with Crippen LogP contribution in [-0.4, -0.2) is 27.7 Å². The van der Waals surface area contributed by atoms with Crippen molar-refractivity contribution in [1.82, 2.24) is 9.97 Å². The summed E-state index contributed by atoms with van der Waals surface area (Å²) in [5, 5.41) is 9.41. The van der Waals surface area contributed by atoms with Gasteiger partial charge in [0.05, 0.1) is 17.7 Å². The molecular formula is C20H24N4OS. The summed E-state index contributed by atoms with van der Waals surface area (Å²) in [4.78, 5) is 23.7. The van der Waals surface area contributed by atoms with Gasteiger partial charge < -0.3 is 4.90 Å². The van der Waals surface area contributed by atoms with Gasteiger partial charge in [-0.05, 0) is 32.0 Å². The number of carbonyl (C=O) groups excluding carboxylic acids is 1. The zero-order valence-corrected chi connectivity index (χ0v) is 16.5. The Bertz CT molecular complexity index is 786. The Morgan fingerprint density at radius 1 is 1.23 bits per heavy atom. The number of rotatable bonds is 7. The van der Waals surface area contributed by atoms with E-state index in [0.29, 0.717) is 13.0 Å². The van der Waals surface area contributed by atoms with Gasteiger partial charge in [-0.3, -0.25) is 4.79 Å². The van der Waals surface area contributed by atoms with Crippen molar-refractivity contribution < 1.29 is 4.79 Å². The van der Waals surface area contributed by atoms with Crippen LogP contribution in [0.1, 0.15) is 44.6 Å². The molecule has 0 saturated heterocycles. The Morgan fingerprint density at radius 3 is 2.54 bits per heavy atom. The van der Waals surface area contributed by atoms with Crippen molar-refractivity contribution >= 4 is 23.4 Å². The third-order valence-electron chi connectivity index (χ3n) is 3.79. The Balaban J connectivity index is 2.20. The Labute approximate surface area is 159 Å². The van der Waals surface area contributed by atoms with Crippen molar-refractivity contribution in [2.75, 3.05) is 11.4 Å². The van der Waals surface area contributed by atoms with E-state index < -0.39 is 0 Å². The highest BCUT2D eigenvalue weighted by molar-refractivity contribution is 8.00. The second kappa shape index (κ2) is 9.35. The fraction of sp³-hybridized carbons (Fsp3) is 0.400. The molecule has 1 heterocycles. The van der Waals surface area contributed by atoms with Crippen LogP contribution in [0.3, 0.4) is 0 Å². The molecule has 1 atom stereocenters. The van der Waals surface area contributed by atoms with Gasteiger partial charge in [-0.25, -0.2) is 9.97 Å². The standard InChI is InChI=1S/C20H24N4OS/c1-14(2)19-22-15(3)13-18(23-19)26-16(4)20(25)24(12-8-11-21)17-9-6-5-7-10-17/h5-7,9-10,13-14,16H,8,12H2,1-4H3/t16-/m1/s1. The number of hydrogen-bond acceptors (Lipinski definition) is 5. The predicted octanol–water partition coefficient (Wildman–Crippen LogP) is 4.34. The van der Waals surface area contributed by atoms with E-state index in [1.807, 2.05) is 50.2 Å². The van der Waals surface area contributed by atoms with Crippen LogP contribution in [-0.2, 0) is 4.79 Å². The van der Waals surface area contributed by atoms with Crippen LogP contribution in [0.15, 0.2) is 41.4 Å². The van der Waals surface area contributed by atoms with Gasteiger partial charge in [0.15, 0.2) is 0 Å². The van der Waals surface area contributed by atoms with Crippen LogP contribution in [0.2, 0.25) is 0 Å². The Hall–Kier alpha value is -2.39. The topological polar surface area (TPSA) is 69.9 Å². The van der Waals surface area contributed by atoms with E-state index in [1.54, 1.807) is 4.90 Å². The molecule has 0 radical (unpaired) electrons. The Kier molecular flexibility index (Phi) is 7.16. The Morgan fingerprint density at radius 2 is 1.92 bits per heavy atom. The third kappa shape index (κ3) is 5.30. The van der Waals surface area contributed by atoms with Crippen molar-refractivity contribution in [3.05, 3.63) is 47.9 Å². The lowest BCUT2D eigenvalue weighted by atomic mass is 10.2. The van der Waals surface area contributed by atoms with E-state index in [9.17, 15) is 4.79 Å². The van der Waals surface area contributed by atoms with Crippen molar-refractivity contribution in [3.63, 3.8) is 0 Å². The highest BCUT2D eigenvalue weighted by Crippen LogP contribution is 2.26. The summed E-state index contributed by atoms with van der Waals surface area (Å²) in [6, 6.07) is 13.5. The third-order valence-corrected chi connectivity index (χ3v) is 4.80. The van der Waals surface area contributed by atoms with Crippen molar-refractivity contribution in [2.24, 2.45) is 0 Å². The maximum absolute atomic E-state index is 13.0. The first-order valence-corrected chi connectivity index (χ1v) is 9.56. The molecule has 0 fully saturated rings. The maximum atomic E-state index is 13.0. The smallest absolute Gasteiger partial charge is 0.240 e. The van der Waals surface area contributed by atoms with Crippen molar-refractivity contribution in [1.29, 1.82) is 5.26 Å². The molecule has 1 aromatic heterocycles. The van der Waals surface area contributed by atoms with Crippen molar-refractivity contribution in [2.45, 2.75) is 50.3 Å². The molecule has 0 saturated carbocycles. The van der Waals surface area contributed by atoms with Crippen LogP contribution >= 0.6 is 11.8 Å². The van der Waals surface area contributed by atoms with Crippen LogP contribution in [0.25, 0.3) is 0 Å². The number of anilines is 1. The first-order chi connectivity index (χ1) is 12.4. The number of carbonyl (C=O) groups is 1. The molecule has 2 rings (SSSR count). The fourth-order valence-corrected chi connectivity index (χ4v) is 3.44. The second-order valence-corrected chi connectivity index (χ2v) is 7.72. The quantitative estimate of drug-likeness (QED) is 0.537. The molecule has 0 bridgehead atoms. The summed E-state index contributed by atoms with van der Waals surface area (Å²) in [5.41, 5.74) is 1.71. The average molecular weight is 369 g/mol. The largest absolute Gasteiger partial charge is 0.310 e. The number of nitrogens with zero attached hydrogens (tertiary/aromatic N) is 4. The predicted molar refractivity (Wildman–Crippen MR) is 105 cm³/mol. The van der Waals surface area contributed by atoms with Gasteiger partial charge in [0, 0.05) is 23.8 Å². The number of thioether (sulfide) groups is 1. The average Bonchev–Trinajstić information content (AvgIpc) is 2.62. The lowest BCUT2D eigenvalue weighted by Crippen LogP contribution is -2.37. The van der Waals surface area contributed by atoms with E-state index in [4.69, 9.17) is 5.26 Å². The van der Waals surface area contributed by atoms with Gasteiger partial charge in [0.2, 0.25) is 5.91 Å². The van der Waals surface area contributed by atoms with Crippen molar-refractivity contribution in [3.8, 4) is 6.07 Å². The number of amides is 1. The number of aryl methyl sites for hydroxylation is 1. The number of nitriles is 1. The number of aromatic nitrogens is 2. The molecule has 136 valence electrons. The van der Waals surface area contributed by atoms with Gasteiger partial charge in [-0.1, -0.05) is 43.8 Å². The van der Waals surface area contributed by atoms with E-state index in [2.05, 4.69) is 29.9 Å². The highest BCUT2D eigenvalue weighted by Gasteiger charge is 2.23. The summed E-state index contributed by atoms with van der Waals surface area (Å²) >= 11 is 1.43. The molecule has 0 aliphatic rings. The van der Waals surface area contributed by atoms with E-state index in [-0.39, 0.29) is 17.1 Å². The maximum Gasteiger partial charge on any atom is 0.240 e. The summed E-state index contributed by atoms with van der Waals surface area (Å²) in [7, 11) is 0. The van der Waals surface area contributed by atoms with E-state index in [0.717, 1.165) is 22.2 Å². The molecule has 26 heavy (non-hydrogen) atoms. The minimum absolute atomic E-state index is 0.0289. The van der Waals surface area contributed by atoms with Crippen LogP contribution in [0.4, 0.5) is 5.69 Å². The minimum atomic E-state index is -0.316. The molecule has 0 N–H and O–H groups in total. The zero-order chi connectivity index (χ0) is 19.1. The highest BCUT2D eigenvalue weighted by atomic mass is 32.2. The summed E-state index contributed by atoms with van der Waals surface area (Å²) in [6.07, 6.45) is 0.294. The molecule has 0 aliphatic heterocycles. The summed E-state index contributed by atoms with van der Waals surface area (Å²) in [6.45, 7) is 8.30. The molecule has 5 nitrogen and oxygen atoms in total. The summed E-state index contributed by atoms with van der Waals surface area (Å²) in [5.74, 6) is 0.993. The lowest BCUT2D eigenvalue weighted by Gasteiger charge is -2.25. The molecule has 0 spiro atoms.